The summed E-state index contributed by atoms with van der Waals surface area (Å²) in [5, 5.41) is 2.57. The van der Waals surface area contributed by atoms with Crippen LogP contribution < -0.4 is 5.32 Å². The van der Waals surface area contributed by atoms with Gasteiger partial charge in [0.25, 0.3) is 0 Å². The molecule has 2 saturated heterocycles. The molecular weight excluding hydrogens is 356 g/mol. The van der Waals surface area contributed by atoms with Crippen LogP contribution in [-0.4, -0.2) is 61.7 Å². The minimum atomic E-state index is -4.32. The van der Waals surface area contributed by atoms with E-state index < -0.39 is 32.6 Å². The number of amides is 2. The van der Waals surface area contributed by atoms with Gasteiger partial charge in [-0.25, -0.2) is 17.2 Å². The molecule has 1 aromatic rings. The molecule has 25 heavy (non-hydrogen) atoms. The highest BCUT2D eigenvalue weighted by Gasteiger charge is 2.36. The van der Waals surface area contributed by atoms with Crippen LogP contribution in [0.3, 0.4) is 0 Å². The highest BCUT2D eigenvalue weighted by atomic mass is 32.2. The van der Waals surface area contributed by atoms with E-state index in [-0.39, 0.29) is 44.4 Å². The van der Waals surface area contributed by atoms with Gasteiger partial charge in [0.2, 0.25) is 21.8 Å². The van der Waals surface area contributed by atoms with E-state index in [9.17, 15) is 26.8 Å². The monoisotopic (exact) mass is 373 g/mol. The van der Waals surface area contributed by atoms with Gasteiger partial charge in [0, 0.05) is 32.6 Å². The van der Waals surface area contributed by atoms with Crippen LogP contribution in [0.1, 0.15) is 12.8 Å². The second-order valence-corrected chi connectivity index (χ2v) is 7.81. The lowest BCUT2D eigenvalue weighted by Gasteiger charge is -2.35. The summed E-state index contributed by atoms with van der Waals surface area (Å²) in [6.07, 6.45) is 0.702. The lowest BCUT2D eigenvalue weighted by molar-refractivity contribution is -0.135. The number of carbonyl (C=O) groups is 2. The fourth-order valence-electron chi connectivity index (χ4n) is 3.03. The van der Waals surface area contributed by atoms with Crippen molar-refractivity contribution >= 4 is 21.8 Å². The van der Waals surface area contributed by atoms with E-state index in [0.717, 1.165) is 22.5 Å². The summed E-state index contributed by atoms with van der Waals surface area (Å²) in [4.78, 5) is 24.0. The van der Waals surface area contributed by atoms with Gasteiger partial charge in [0.05, 0.1) is 0 Å². The van der Waals surface area contributed by atoms with Crippen molar-refractivity contribution in [3.8, 4) is 0 Å². The summed E-state index contributed by atoms with van der Waals surface area (Å²) in [6, 6.07) is 2.28. The van der Waals surface area contributed by atoms with E-state index >= 15 is 0 Å². The van der Waals surface area contributed by atoms with Crippen LogP contribution in [0.4, 0.5) is 8.78 Å². The Bertz CT molecular complexity index is 787. The molecule has 0 aromatic heterocycles. The summed E-state index contributed by atoms with van der Waals surface area (Å²) in [7, 11) is -4.32. The van der Waals surface area contributed by atoms with Crippen molar-refractivity contribution < 1.29 is 26.8 Å². The quantitative estimate of drug-likeness (QED) is 0.813. The van der Waals surface area contributed by atoms with Gasteiger partial charge in [0.15, 0.2) is 4.90 Å². The molecule has 2 amide bonds. The van der Waals surface area contributed by atoms with E-state index in [0.29, 0.717) is 6.42 Å². The molecule has 0 radical (unpaired) electrons. The molecule has 7 nitrogen and oxygen atoms in total. The first-order valence-corrected chi connectivity index (χ1v) is 9.27. The first-order valence-electron chi connectivity index (χ1n) is 7.83. The average Bonchev–Trinajstić information content (AvgIpc) is 3.00. The Hall–Kier alpha value is -2.07. The molecule has 2 aliphatic heterocycles. The number of carbonyl (C=O) groups excluding carboxylic acids is 2. The van der Waals surface area contributed by atoms with Gasteiger partial charge in [-0.1, -0.05) is 6.07 Å². The molecule has 10 heteroatoms. The molecule has 0 aliphatic carbocycles. The molecule has 0 bridgehead atoms. The first kappa shape index (κ1) is 17.7. The molecule has 1 N–H and O–H groups in total. The van der Waals surface area contributed by atoms with Crippen molar-refractivity contribution in [2.24, 2.45) is 0 Å². The summed E-state index contributed by atoms with van der Waals surface area (Å²) in [5.41, 5.74) is 0. The molecule has 0 saturated carbocycles. The molecule has 1 atom stereocenters. The standard InChI is InChI=1S/C15H17F2N3O4S/c16-10-2-1-3-11(17)14(10)25(23,24)20-8-6-19(7-9-20)15(22)12-4-5-13(21)18-12/h1-3,12H,4-9H2,(H,18,21)/t12-/m0/s1. The normalized spacial score (nSPS) is 22.1. The Labute approximate surface area is 143 Å². The number of hydrogen-bond donors (Lipinski definition) is 1. The Morgan fingerprint density at radius 2 is 1.72 bits per heavy atom. The van der Waals surface area contributed by atoms with Gasteiger partial charge in [-0.15, -0.1) is 0 Å². The van der Waals surface area contributed by atoms with Gasteiger partial charge in [-0.3, -0.25) is 9.59 Å². The SMILES string of the molecule is O=C1CC[C@@H](C(=O)N2CCN(S(=O)(=O)c3c(F)cccc3F)CC2)N1. The second kappa shape index (κ2) is 6.68. The Balaban J connectivity index is 1.69. The fourth-order valence-corrected chi connectivity index (χ4v) is 4.56. The number of rotatable bonds is 3. The van der Waals surface area contributed by atoms with E-state index in [4.69, 9.17) is 0 Å². The van der Waals surface area contributed by atoms with Crippen LogP contribution in [-0.2, 0) is 19.6 Å². The van der Waals surface area contributed by atoms with Crippen LogP contribution in [0.15, 0.2) is 23.1 Å². The van der Waals surface area contributed by atoms with Gasteiger partial charge < -0.3 is 10.2 Å². The third-order valence-corrected chi connectivity index (χ3v) is 6.31. The maximum Gasteiger partial charge on any atom is 0.249 e. The minimum absolute atomic E-state index is 0.0670. The number of halogens is 2. The number of benzene rings is 1. The second-order valence-electron chi connectivity index (χ2n) is 5.94. The maximum atomic E-state index is 13.8. The van der Waals surface area contributed by atoms with Gasteiger partial charge in [0.1, 0.15) is 17.7 Å². The predicted molar refractivity (Wildman–Crippen MR) is 82.9 cm³/mol. The maximum absolute atomic E-state index is 13.8. The van der Waals surface area contributed by atoms with E-state index in [2.05, 4.69) is 5.32 Å². The van der Waals surface area contributed by atoms with Crippen LogP contribution in [0, 0.1) is 11.6 Å². The zero-order chi connectivity index (χ0) is 18.2. The summed E-state index contributed by atoms with van der Waals surface area (Å²) in [6.45, 7) is 0.0615. The van der Waals surface area contributed by atoms with Crippen LogP contribution in [0.2, 0.25) is 0 Å². The molecule has 1 aromatic carbocycles. The van der Waals surface area contributed by atoms with Crippen LogP contribution in [0.25, 0.3) is 0 Å². The van der Waals surface area contributed by atoms with Crippen molar-refractivity contribution in [1.29, 1.82) is 0 Å². The molecule has 0 spiro atoms. The van der Waals surface area contributed by atoms with Gasteiger partial charge in [-0.05, 0) is 18.6 Å². The van der Waals surface area contributed by atoms with Crippen molar-refractivity contribution in [2.45, 2.75) is 23.8 Å². The number of sulfonamides is 1. The lowest BCUT2D eigenvalue weighted by Crippen LogP contribution is -2.54. The van der Waals surface area contributed by atoms with Crippen molar-refractivity contribution in [1.82, 2.24) is 14.5 Å². The zero-order valence-electron chi connectivity index (χ0n) is 13.2. The van der Waals surface area contributed by atoms with Crippen molar-refractivity contribution in [3.63, 3.8) is 0 Å². The van der Waals surface area contributed by atoms with Crippen molar-refractivity contribution in [2.75, 3.05) is 26.2 Å². The highest BCUT2D eigenvalue weighted by molar-refractivity contribution is 7.89. The predicted octanol–water partition coefficient (Wildman–Crippen LogP) is 0.0763. The summed E-state index contributed by atoms with van der Waals surface area (Å²) >= 11 is 0. The largest absolute Gasteiger partial charge is 0.344 e. The minimum Gasteiger partial charge on any atom is -0.344 e. The third-order valence-electron chi connectivity index (χ3n) is 4.36. The van der Waals surface area contributed by atoms with Crippen LogP contribution >= 0.6 is 0 Å². The molecule has 3 rings (SSSR count). The average molecular weight is 373 g/mol. The van der Waals surface area contributed by atoms with Gasteiger partial charge >= 0.3 is 0 Å². The zero-order valence-corrected chi connectivity index (χ0v) is 14.1. The van der Waals surface area contributed by atoms with Crippen molar-refractivity contribution in [3.05, 3.63) is 29.8 Å². The van der Waals surface area contributed by atoms with Gasteiger partial charge in [-0.2, -0.15) is 4.31 Å². The molecule has 2 aliphatic rings. The Morgan fingerprint density at radius 3 is 2.24 bits per heavy atom. The van der Waals surface area contributed by atoms with E-state index in [1.807, 2.05) is 0 Å². The summed E-state index contributed by atoms with van der Waals surface area (Å²) in [5.74, 6) is -2.74. The third kappa shape index (κ3) is 3.36. The molecular formula is C15H17F2N3O4S. The fraction of sp³-hybridized carbons (Fsp3) is 0.467. The van der Waals surface area contributed by atoms with E-state index in [1.165, 1.54) is 4.90 Å². The Morgan fingerprint density at radius 1 is 1.12 bits per heavy atom. The number of nitrogens with zero attached hydrogens (tertiary/aromatic N) is 2. The number of nitrogens with one attached hydrogen (secondary N) is 1. The topological polar surface area (TPSA) is 86.8 Å². The first-order chi connectivity index (χ1) is 11.8. The van der Waals surface area contributed by atoms with Crippen LogP contribution in [0.5, 0.6) is 0 Å². The molecule has 136 valence electrons. The highest BCUT2D eigenvalue weighted by Crippen LogP contribution is 2.24. The Kier molecular flexibility index (Phi) is 4.74. The molecule has 2 heterocycles. The number of piperazine rings is 1. The molecule has 2 fully saturated rings. The summed E-state index contributed by atoms with van der Waals surface area (Å²) < 4.78 is 53.5. The smallest absolute Gasteiger partial charge is 0.249 e. The number of hydrogen-bond acceptors (Lipinski definition) is 4. The van der Waals surface area contributed by atoms with E-state index in [1.54, 1.807) is 0 Å². The molecule has 0 unspecified atom stereocenters. The lowest BCUT2D eigenvalue weighted by atomic mass is 10.2.